The molecule has 0 spiro atoms. The minimum atomic E-state index is -0.0954. The van der Waals surface area contributed by atoms with E-state index >= 15 is 0 Å². The van der Waals surface area contributed by atoms with Crippen LogP contribution in [0.5, 0.6) is 0 Å². The van der Waals surface area contributed by atoms with Crippen LogP contribution < -0.4 is 11.3 Å². The number of hydrogen-bond acceptors (Lipinski definition) is 2. The van der Waals surface area contributed by atoms with E-state index in [1.54, 1.807) is 10.6 Å². The van der Waals surface area contributed by atoms with Gasteiger partial charge in [0.05, 0.1) is 11.4 Å². The van der Waals surface area contributed by atoms with E-state index in [1.807, 2.05) is 36.4 Å². The van der Waals surface area contributed by atoms with Crippen molar-refractivity contribution in [3.63, 3.8) is 0 Å². The van der Waals surface area contributed by atoms with Crippen LogP contribution in [0.15, 0.2) is 47.3 Å². The van der Waals surface area contributed by atoms with Gasteiger partial charge in [-0.25, -0.2) is 0 Å². The van der Waals surface area contributed by atoms with Gasteiger partial charge in [-0.3, -0.25) is 4.79 Å². The Morgan fingerprint density at radius 1 is 1.11 bits per heavy atom. The highest BCUT2D eigenvalue weighted by atomic mass is 16.1. The SMILES string of the molecule is CC(C)CCn1c(-c2ccccc2)ccc(N)c1=O. The lowest BCUT2D eigenvalue weighted by Crippen LogP contribution is -2.24. The van der Waals surface area contributed by atoms with Gasteiger partial charge >= 0.3 is 0 Å². The van der Waals surface area contributed by atoms with Crippen molar-refractivity contribution >= 4 is 5.69 Å². The molecule has 100 valence electrons. The standard InChI is InChI=1S/C16H20N2O/c1-12(2)10-11-18-15(9-8-14(17)16(18)19)13-6-4-3-5-7-13/h3-9,12H,10-11,17H2,1-2H3. The molecule has 0 saturated carbocycles. The van der Waals surface area contributed by atoms with Crippen molar-refractivity contribution in [3.8, 4) is 11.3 Å². The van der Waals surface area contributed by atoms with E-state index in [0.717, 1.165) is 17.7 Å². The van der Waals surface area contributed by atoms with E-state index in [1.165, 1.54) is 0 Å². The summed E-state index contributed by atoms with van der Waals surface area (Å²) in [4.78, 5) is 12.2. The van der Waals surface area contributed by atoms with E-state index in [4.69, 9.17) is 5.73 Å². The summed E-state index contributed by atoms with van der Waals surface area (Å²) in [6, 6.07) is 13.6. The Morgan fingerprint density at radius 3 is 2.42 bits per heavy atom. The largest absolute Gasteiger partial charge is 0.394 e. The molecule has 0 unspecified atom stereocenters. The molecular formula is C16H20N2O. The van der Waals surface area contributed by atoms with E-state index in [9.17, 15) is 4.79 Å². The van der Waals surface area contributed by atoms with Gasteiger partial charge < -0.3 is 10.3 Å². The molecular weight excluding hydrogens is 236 g/mol. The minimum Gasteiger partial charge on any atom is -0.394 e. The summed E-state index contributed by atoms with van der Waals surface area (Å²) in [5.41, 5.74) is 7.93. The first-order valence-electron chi connectivity index (χ1n) is 6.64. The third-order valence-corrected chi connectivity index (χ3v) is 3.20. The van der Waals surface area contributed by atoms with Gasteiger partial charge in [-0.15, -0.1) is 0 Å². The first-order chi connectivity index (χ1) is 9.09. The average Bonchev–Trinajstić information content (AvgIpc) is 2.41. The Morgan fingerprint density at radius 2 is 1.79 bits per heavy atom. The van der Waals surface area contributed by atoms with Gasteiger partial charge in [0.2, 0.25) is 0 Å². The number of nitrogens with two attached hydrogens (primary N) is 1. The van der Waals surface area contributed by atoms with Gasteiger partial charge in [-0.05, 0) is 30.0 Å². The molecule has 19 heavy (non-hydrogen) atoms. The van der Waals surface area contributed by atoms with Gasteiger partial charge in [0.25, 0.3) is 5.56 Å². The Labute approximate surface area is 113 Å². The molecule has 0 aliphatic heterocycles. The molecule has 0 radical (unpaired) electrons. The van der Waals surface area contributed by atoms with Crippen LogP contribution in [0.1, 0.15) is 20.3 Å². The highest BCUT2D eigenvalue weighted by Crippen LogP contribution is 2.19. The topological polar surface area (TPSA) is 48.0 Å². The fraction of sp³-hybridized carbons (Fsp3) is 0.312. The van der Waals surface area contributed by atoms with Gasteiger partial charge in [-0.1, -0.05) is 44.2 Å². The van der Waals surface area contributed by atoms with Gasteiger partial charge in [0.1, 0.15) is 0 Å². The summed E-state index contributed by atoms with van der Waals surface area (Å²) >= 11 is 0. The third-order valence-electron chi connectivity index (χ3n) is 3.20. The highest BCUT2D eigenvalue weighted by molar-refractivity contribution is 5.61. The maximum Gasteiger partial charge on any atom is 0.274 e. The summed E-state index contributed by atoms with van der Waals surface area (Å²) in [5.74, 6) is 0.553. The second-order valence-electron chi connectivity index (χ2n) is 5.18. The molecule has 3 heteroatoms. The number of aromatic nitrogens is 1. The summed E-state index contributed by atoms with van der Waals surface area (Å²) in [7, 11) is 0. The Bertz CT molecular complexity index is 600. The molecule has 3 nitrogen and oxygen atoms in total. The van der Waals surface area contributed by atoms with Crippen molar-refractivity contribution in [1.82, 2.24) is 4.57 Å². The smallest absolute Gasteiger partial charge is 0.274 e. The Hall–Kier alpha value is -2.03. The van der Waals surface area contributed by atoms with Crippen molar-refractivity contribution in [3.05, 3.63) is 52.8 Å². The molecule has 1 heterocycles. The zero-order chi connectivity index (χ0) is 13.8. The zero-order valence-electron chi connectivity index (χ0n) is 11.5. The van der Waals surface area contributed by atoms with Crippen LogP contribution in [-0.4, -0.2) is 4.57 Å². The monoisotopic (exact) mass is 256 g/mol. The maximum absolute atomic E-state index is 12.2. The summed E-state index contributed by atoms with van der Waals surface area (Å²) in [6.45, 7) is 5.00. The van der Waals surface area contributed by atoms with Crippen LogP contribution >= 0.6 is 0 Å². The molecule has 2 aromatic rings. The first kappa shape index (κ1) is 13.4. The molecule has 2 N–H and O–H groups in total. The van der Waals surface area contributed by atoms with E-state index in [2.05, 4.69) is 13.8 Å². The van der Waals surface area contributed by atoms with Crippen LogP contribution in [-0.2, 0) is 6.54 Å². The van der Waals surface area contributed by atoms with Crippen molar-refractivity contribution in [2.75, 3.05) is 5.73 Å². The van der Waals surface area contributed by atoms with E-state index < -0.39 is 0 Å². The molecule has 0 aliphatic carbocycles. The summed E-state index contributed by atoms with van der Waals surface area (Å²) in [5, 5.41) is 0. The number of anilines is 1. The second kappa shape index (κ2) is 5.74. The van der Waals surface area contributed by atoms with Crippen LogP contribution in [0.4, 0.5) is 5.69 Å². The molecule has 0 atom stereocenters. The highest BCUT2D eigenvalue weighted by Gasteiger charge is 2.09. The quantitative estimate of drug-likeness (QED) is 0.913. The minimum absolute atomic E-state index is 0.0954. The maximum atomic E-state index is 12.2. The molecule has 0 saturated heterocycles. The average molecular weight is 256 g/mol. The molecule has 0 amide bonds. The van der Waals surface area contributed by atoms with Gasteiger partial charge in [0, 0.05) is 6.54 Å². The molecule has 2 rings (SSSR count). The zero-order valence-corrected chi connectivity index (χ0v) is 11.5. The van der Waals surface area contributed by atoms with Gasteiger partial charge in [-0.2, -0.15) is 0 Å². The molecule has 0 bridgehead atoms. The van der Waals surface area contributed by atoms with Crippen LogP contribution in [0.3, 0.4) is 0 Å². The number of pyridine rings is 1. The lowest BCUT2D eigenvalue weighted by atomic mass is 10.1. The van der Waals surface area contributed by atoms with Crippen molar-refractivity contribution in [2.24, 2.45) is 5.92 Å². The van der Waals surface area contributed by atoms with Crippen molar-refractivity contribution in [1.29, 1.82) is 0 Å². The normalized spacial score (nSPS) is 10.9. The van der Waals surface area contributed by atoms with E-state index in [0.29, 0.717) is 18.2 Å². The predicted molar refractivity (Wildman–Crippen MR) is 80.0 cm³/mol. The van der Waals surface area contributed by atoms with Crippen LogP contribution in [0.25, 0.3) is 11.3 Å². The molecule has 0 aliphatic rings. The van der Waals surface area contributed by atoms with Crippen molar-refractivity contribution < 1.29 is 0 Å². The van der Waals surface area contributed by atoms with E-state index in [-0.39, 0.29) is 5.56 Å². The lowest BCUT2D eigenvalue weighted by Gasteiger charge is -2.15. The first-order valence-corrected chi connectivity index (χ1v) is 6.64. The number of hydrogen-bond donors (Lipinski definition) is 1. The third kappa shape index (κ3) is 3.05. The Balaban J connectivity index is 2.49. The molecule has 1 aromatic carbocycles. The lowest BCUT2D eigenvalue weighted by molar-refractivity contribution is 0.511. The fourth-order valence-corrected chi connectivity index (χ4v) is 2.07. The van der Waals surface area contributed by atoms with Crippen molar-refractivity contribution in [2.45, 2.75) is 26.8 Å². The molecule has 0 fully saturated rings. The van der Waals surface area contributed by atoms with Crippen LogP contribution in [0.2, 0.25) is 0 Å². The number of benzene rings is 1. The van der Waals surface area contributed by atoms with Gasteiger partial charge in [0.15, 0.2) is 0 Å². The number of rotatable bonds is 4. The molecule has 1 aromatic heterocycles. The second-order valence-corrected chi connectivity index (χ2v) is 5.18. The summed E-state index contributed by atoms with van der Waals surface area (Å²) in [6.07, 6.45) is 0.962. The predicted octanol–water partition coefficient (Wildman–Crippen LogP) is 3.14. The number of nitrogen functional groups attached to an aromatic ring is 1. The fourth-order valence-electron chi connectivity index (χ4n) is 2.07. The van der Waals surface area contributed by atoms with Crippen LogP contribution in [0, 0.1) is 5.92 Å². The number of nitrogens with zero attached hydrogens (tertiary/aromatic N) is 1. The summed E-state index contributed by atoms with van der Waals surface area (Å²) < 4.78 is 1.78. The Kier molecular flexibility index (Phi) is 4.05.